The first-order chi connectivity index (χ1) is 7.85. The van der Waals surface area contributed by atoms with Gasteiger partial charge in [0.1, 0.15) is 5.82 Å². The largest absolute Gasteiger partial charge is 0.396 e. The molecule has 1 aromatic heterocycles. The lowest BCUT2D eigenvalue weighted by Crippen LogP contribution is -1.98. The number of thioether (sulfide) groups is 1. The summed E-state index contributed by atoms with van der Waals surface area (Å²) in [5.41, 5.74) is 0.919. The highest BCUT2D eigenvalue weighted by Crippen LogP contribution is 2.23. The first-order valence-corrected chi connectivity index (χ1v) is 6.02. The maximum absolute atomic E-state index is 8.78. The van der Waals surface area contributed by atoms with Crippen molar-refractivity contribution in [3.63, 3.8) is 0 Å². The fourth-order valence-electron chi connectivity index (χ4n) is 1.45. The summed E-state index contributed by atoms with van der Waals surface area (Å²) < 4.78 is 0. The van der Waals surface area contributed by atoms with Crippen molar-refractivity contribution in [1.29, 1.82) is 0 Å². The highest BCUT2D eigenvalue weighted by atomic mass is 32.2. The van der Waals surface area contributed by atoms with E-state index in [1.807, 2.05) is 31.3 Å². The quantitative estimate of drug-likeness (QED) is 0.624. The smallest absolute Gasteiger partial charge is 0.190 e. The molecule has 0 saturated heterocycles. The molecule has 0 aliphatic carbocycles. The SMILES string of the molecule is CNc1nc(SCCO)nc2ccccc12. The predicted molar refractivity (Wildman–Crippen MR) is 66.9 cm³/mol. The van der Waals surface area contributed by atoms with E-state index in [1.54, 1.807) is 0 Å². The van der Waals surface area contributed by atoms with Gasteiger partial charge in [-0.15, -0.1) is 0 Å². The van der Waals surface area contributed by atoms with Gasteiger partial charge in [0.05, 0.1) is 12.1 Å². The molecule has 2 rings (SSSR count). The van der Waals surface area contributed by atoms with Crippen LogP contribution in [-0.2, 0) is 0 Å². The van der Waals surface area contributed by atoms with Crippen LogP contribution < -0.4 is 5.32 Å². The van der Waals surface area contributed by atoms with Gasteiger partial charge in [0, 0.05) is 18.2 Å². The van der Waals surface area contributed by atoms with E-state index in [9.17, 15) is 0 Å². The molecule has 0 aliphatic rings. The molecule has 1 heterocycles. The fraction of sp³-hybridized carbons (Fsp3) is 0.273. The Labute approximate surface area is 98.1 Å². The molecule has 84 valence electrons. The van der Waals surface area contributed by atoms with Gasteiger partial charge < -0.3 is 10.4 Å². The monoisotopic (exact) mass is 235 g/mol. The summed E-state index contributed by atoms with van der Waals surface area (Å²) in [6.07, 6.45) is 0. The molecule has 0 atom stereocenters. The van der Waals surface area contributed by atoms with E-state index >= 15 is 0 Å². The van der Waals surface area contributed by atoms with E-state index in [0.29, 0.717) is 10.9 Å². The Morgan fingerprint density at radius 2 is 2.12 bits per heavy atom. The number of aliphatic hydroxyl groups excluding tert-OH is 1. The second kappa shape index (κ2) is 5.14. The third kappa shape index (κ3) is 2.25. The van der Waals surface area contributed by atoms with Crippen molar-refractivity contribution in [2.75, 3.05) is 24.7 Å². The average molecular weight is 235 g/mol. The normalized spacial score (nSPS) is 10.6. The number of aliphatic hydroxyl groups is 1. The number of nitrogens with zero attached hydrogens (tertiary/aromatic N) is 2. The van der Waals surface area contributed by atoms with E-state index in [1.165, 1.54) is 11.8 Å². The van der Waals surface area contributed by atoms with Crippen LogP contribution in [0, 0.1) is 0 Å². The molecule has 0 amide bonds. The topological polar surface area (TPSA) is 58.0 Å². The zero-order valence-electron chi connectivity index (χ0n) is 8.97. The van der Waals surface area contributed by atoms with E-state index in [4.69, 9.17) is 5.11 Å². The molecule has 16 heavy (non-hydrogen) atoms. The van der Waals surface area contributed by atoms with Crippen LogP contribution in [0.3, 0.4) is 0 Å². The minimum atomic E-state index is 0.135. The number of anilines is 1. The van der Waals surface area contributed by atoms with Gasteiger partial charge >= 0.3 is 0 Å². The van der Waals surface area contributed by atoms with E-state index < -0.39 is 0 Å². The lowest BCUT2D eigenvalue weighted by Gasteiger charge is -2.06. The summed E-state index contributed by atoms with van der Waals surface area (Å²) >= 11 is 1.45. The van der Waals surface area contributed by atoms with Gasteiger partial charge in [0.2, 0.25) is 0 Å². The lowest BCUT2D eigenvalue weighted by atomic mass is 10.2. The second-order valence-corrected chi connectivity index (χ2v) is 4.26. The summed E-state index contributed by atoms with van der Waals surface area (Å²) in [6, 6.07) is 7.87. The van der Waals surface area contributed by atoms with Gasteiger partial charge in [-0.3, -0.25) is 0 Å². The van der Waals surface area contributed by atoms with Crippen LogP contribution >= 0.6 is 11.8 Å². The highest BCUT2D eigenvalue weighted by molar-refractivity contribution is 7.99. The molecule has 0 unspecified atom stereocenters. The molecule has 0 spiro atoms. The van der Waals surface area contributed by atoms with Crippen LogP contribution in [0.15, 0.2) is 29.4 Å². The summed E-state index contributed by atoms with van der Waals surface area (Å²) in [4.78, 5) is 8.81. The van der Waals surface area contributed by atoms with Gasteiger partial charge in [-0.2, -0.15) is 0 Å². The van der Waals surface area contributed by atoms with Crippen molar-refractivity contribution in [3.05, 3.63) is 24.3 Å². The highest BCUT2D eigenvalue weighted by Gasteiger charge is 2.05. The van der Waals surface area contributed by atoms with Crippen LogP contribution in [0.25, 0.3) is 10.9 Å². The number of hydrogen-bond acceptors (Lipinski definition) is 5. The molecule has 1 aromatic carbocycles. The third-order valence-corrected chi connectivity index (χ3v) is 2.97. The van der Waals surface area contributed by atoms with Crippen LogP contribution in [-0.4, -0.2) is 34.5 Å². The molecule has 0 aliphatic heterocycles. The van der Waals surface area contributed by atoms with E-state index in [2.05, 4.69) is 15.3 Å². The van der Waals surface area contributed by atoms with Crippen LogP contribution in [0.1, 0.15) is 0 Å². The molecular weight excluding hydrogens is 222 g/mol. The van der Waals surface area contributed by atoms with Crippen LogP contribution in [0.5, 0.6) is 0 Å². The van der Waals surface area contributed by atoms with E-state index in [-0.39, 0.29) is 6.61 Å². The summed E-state index contributed by atoms with van der Waals surface area (Å²) in [5.74, 6) is 1.44. The molecule has 4 nitrogen and oxygen atoms in total. The minimum Gasteiger partial charge on any atom is -0.396 e. The van der Waals surface area contributed by atoms with Crippen LogP contribution in [0.2, 0.25) is 0 Å². The molecule has 0 bridgehead atoms. The Bertz CT molecular complexity index is 490. The van der Waals surface area contributed by atoms with Crippen molar-refractivity contribution in [2.24, 2.45) is 0 Å². The Kier molecular flexibility index (Phi) is 3.58. The summed E-state index contributed by atoms with van der Waals surface area (Å²) in [5, 5.41) is 13.5. The van der Waals surface area contributed by atoms with Gasteiger partial charge in [-0.1, -0.05) is 23.9 Å². The number of rotatable bonds is 4. The Morgan fingerprint density at radius 3 is 2.88 bits per heavy atom. The molecule has 0 fully saturated rings. The Balaban J connectivity index is 2.46. The summed E-state index contributed by atoms with van der Waals surface area (Å²) in [7, 11) is 1.84. The number of aromatic nitrogens is 2. The molecule has 2 N–H and O–H groups in total. The van der Waals surface area contributed by atoms with E-state index in [0.717, 1.165) is 16.7 Å². The fourth-order valence-corrected chi connectivity index (χ4v) is 2.04. The lowest BCUT2D eigenvalue weighted by molar-refractivity contribution is 0.322. The standard InChI is InChI=1S/C11H13N3OS/c1-12-10-8-4-2-3-5-9(8)13-11(14-10)16-7-6-15/h2-5,15H,6-7H2,1H3,(H,12,13,14). The third-order valence-electron chi connectivity index (χ3n) is 2.14. The molecule has 0 radical (unpaired) electrons. The first-order valence-electron chi connectivity index (χ1n) is 5.03. The molecule has 2 aromatic rings. The van der Waals surface area contributed by atoms with Crippen LogP contribution in [0.4, 0.5) is 5.82 Å². The molecular formula is C11H13N3OS. The van der Waals surface area contributed by atoms with Gasteiger partial charge in [-0.05, 0) is 12.1 Å². The summed E-state index contributed by atoms with van der Waals surface area (Å²) in [6.45, 7) is 0.135. The second-order valence-electron chi connectivity index (χ2n) is 3.19. The van der Waals surface area contributed by atoms with Gasteiger partial charge in [0.15, 0.2) is 5.16 Å². The maximum Gasteiger partial charge on any atom is 0.190 e. The Hall–Kier alpha value is -1.33. The maximum atomic E-state index is 8.78. The molecule has 5 heteroatoms. The number of fused-ring (bicyclic) bond motifs is 1. The van der Waals surface area contributed by atoms with Crippen molar-refractivity contribution in [1.82, 2.24) is 9.97 Å². The van der Waals surface area contributed by atoms with Crippen molar-refractivity contribution in [2.45, 2.75) is 5.16 Å². The predicted octanol–water partition coefficient (Wildman–Crippen LogP) is 1.76. The minimum absolute atomic E-state index is 0.135. The van der Waals surface area contributed by atoms with Gasteiger partial charge in [-0.25, -0.2) is 9.97 Å². The zero-order valence-corrected chi connectivity index (χ0v) is 9.79. The van der Waals surface area contributed by atoms with Crippen molar-refractivity contribution in [3.8, 4) is 0 Å². The van der Waals surface area contributed by atoms with Crippen molar-refractivity contribution >= 4 is 28.5 Å². The number of hydrogen-bond donors (Lipinski definition) is 2. The number of nitrogens with one attached hydrogen (secondary N) is 1. The molecule has 0 saturated carbocycles. The van der Waals surface area contributed by atoms with Gasteiger partial charge in [0.25, 0.3) is 0 Å². The Morgan fingerprint density at radius 1 is 1.31 bits per heavy atom. The zero-order chi connectivity index (χ0) is 11.4. The van der Waals surface area contributed by atoms with Crippen molar-refractivity contribution < 1.29 is 5.11 Å². The first kappa shape index (κ1) is 11.2. The number of para-hydroxylation sites is 1. The number of benzene rings is 1. The average Bonchev–Trinajstić information content (AvgIpc) is 2.35.